The van der Waals surface area contributed by atoms with Crippen LogP contribution in [0.4, 0.5) is 5.95 Å². The molecule has 0 radical (unpaired) electrons. The lowest BCUT2D eigenvalue weighted by Gasteiger charge is -2.12. The number of aromatic nitrogens is 2. The average Bonchev–Trinajstić information content (AvgIpc) is 2.85. The highest BCUT2D eigenvalue weighted by Crippen LogP contribution is 2.27. The highest BCUT2D eigenvalue weighted by molar-refractivity contribution is 6.32. The first kappa shape index (κ1) is 12.8. The van der Waals surface area contributed by atoms with Gasteiger partial charge in [-0.3, -0.25) is 4.57 Å². The zero-order chi connectivity index (χ0) is 13.0. The minimum Gasteiger partial charge on any atom is -0.497 e. The molecule has 0 bridgehead atoms. The summed E-state index contributed by atoms with van der Waals surface area (Å²) in [5, 5.41) is 3.92. The van der Waals surface area contributed by atoms with Gasteiger partial charge in [-0.1, -0.05) is 18.5 Å². The van der Waals surface area contributed by atoms with Crippen molar-refractivity contribution in [1.82, 2.24) is 9.55 Å². The monoisotopic (exact) mass is 265 g/mol. The molecule has 0 amide bonds. The van der Waals surface area contributed by atoms with Crippen LogP contribution in [0.15, 0.2) is 30.6 Å². The second kappa shape index (κ2) is 5.78. The number of hydrogen-bond acceptors (Lipinski definition) is 3. The van der Waals surface area contributed by atoms with Gasteiger partial charge in [0.2, 0.25) is 5.95 Å². The molecule has 0 aliphatic carbocycles. The molecular formula is C13H16ClN3O. The number of imidazole rings is 1. The fraction of sp³-hybridized carbons (Fsp3) is 0.308. The van der Waals surface area contributed by atoms with E-state index in [1.54, 1.807) is 13.3 Å². The van der Waals surface area contributed by atoms with E-state index in [4.69, 9.17) is 16.3 Å². The van der Waals surface area contributed by atoms with Gasteiger partial charge in [0.05, 0.1) is 17.8 Å². The van der Waals surface area contributed by atoms with Crippen molar-refractivity contribution in [1.29, 1.82) is 0 Å². The molecule has 0 saturated heterocycles. The van der Waals surface area contributed by atoms with Crippen LogP contribution >= 0.6 is 11.6 Å². The summed E-state index contributed by atoms with van der Waals surface area (Å²) in [4.78, 5) is 4.28. The van der Waals surface area contributed by atoms with Crippen molar-refractivity contribution in [3.05, 3.63) is 35.6 Å². The predicted octanol–water partition coefficient (Wildman–Crippen LogP) is 3.36. The minimum absolute atomic E-state index is 0.661. The second-order valence-corrected chi connectivity index (χ2v) is 4.27. The van der Waals surface area contributed by atoms with Crippen LogP contribution in [0, 0.1) is 0 Å². The van der Waals surface area contributed by atoms with E-state index in [-0.39, 0.29) is 0 Å². The molecule has 0 atom stereocenters. The molecule has 2 aromatic rings. The van der Waals surface area contributed by atoms with Crippen LogP contribution in [0.1, 0.15) is 13.3 Å². The van der Waals surface area contributed by atoms with E-state index in [1.165, 1.54) is 0 Å². The lowest BCUT2D eigenvalue weighted by Crippen LogP contribution is -2.07. The lowest BCUT2D eigenvalue weighted by atomic mass is 10.3. The summed E-state index contributed by atoms with van der Waals surface area (Å²) in [7, 11) is 1.64. The van der Waals surface area contributed by atoms with E-state index in [2.05, 4.69) is 17.2 Å². The number of ether oxygens (including phenoxy) is 1. The Bertz CT molecular complexity index is 525. The van der Waals surface area contributed by atoms with Gasteiger partial charge in [-0.25, -0.2) is 4.98 Å². The van der Waals surface area contributed by atoms with Gasteiger partial charge in [0.25, 0.3) is 0 Å². The number of hydrogen-bond donors (Lipinski definition) is 1. The second-order valence-electron chi connectivity index (χ2n) is 3.86. The van der Waals surface area contributed by atoms with Gasteiger partial charge < -0.3 is 10.1 Å². The number of nitrogens with zero attached hydrogens (tertiary/aromatic N) is 2. The van der Waals surface area contributed by atoms with Crippen LogP contribution in [0.5, 0.6) is 5.75 Å². The fourth-order valence-corrected chi connectivity index (χ4v) is 1.88. The van der Waals surface area contributed by atoms with Crippen molar-refractivity contribution in [2.24, 2.45) is 0 Å². The van der Waals surface area contributed by atoms with Gasteiger partial charge in [0.1, 0.15) is 5.75 Å². The normalized spacial score (nSPS) is 10.4. The summed E-state index contributed by atoms with van der Waals surface area (Å²) >= 11 is 6.22. The molecule has 0 aliphatic rings. The van der Waals surface area contributed by atoms with E-state index < -0.39 is 0 Å². The molecule has 96 valence electrons. The number of halogens is 1. The van der Waals surface area contributed by atoms with Gasteiger partial charge in [-0.15, -0.1) is 0 Å². The molecule has 2 rings (SSSR count). The van der Waals surface area contributed by atoms with Crippen molar-refractivity contribution in [3.63, 3.8) is 0 Å². The van der Waals surface area contributed by atoms with Crippen molar-refractivity contribution >= 4 is 17.5 Å². The van der Waals surface area contributed by atoms with Crippen LogP contribution in [0.25, 0.3) is 5.69 Å². The summed E-state index contributed by atoms with van der Waals surface area (Å²) in [6.45, 7) is 2.98. The average molecular weight is 266 g/mol. The van der Waals surface area contributed by atoms with Crippen LogP contribution in [-0.2, 0) is 0 Å². The first-order valence-corrected chi connectivity index (χ1v) is 6.25. The molecule has 4 nitrogen and oxygen atoms in total. The molecule has 0 spiro atoms. The Hall–Kier alpha value is -1.68. The summed E-state index contributed by atoms with van der Waals surface area (Å²) in [5.74, 6) is 1.55. The zero-order valence-corrected chi connectivity index (χ0v) is 11.2. The molecule has 1 N–H and O–H groups in total. The quantitative estimate of drug-likeness (QED) is 0.901. The summed E-state index contributed by atoms with van der Waals surface area (Å²) in [6, 6.07) is 5.54. The van der Waals surface area contributed by atoms with E-state index in [0.717, 1.165) is 30.4 Å². The Morgan fingerprint density at radius 2 is 2.28 bits per heavy atom. The molecule has 18 heavy (non-hydrogen) atoms. The first-order chi connectivity index (χ1) is 8.76. The standard InChI is InChI=1S/C13H16ClN3O/c1-3-6-15-13-16-7-8-17(13)12-9-10(18-2)4-5-11(12)14/h4-5,7-9H,3,6H2,1-2H3,(H,15,16). The van der Waals surface area contributed by atoms with Crippen LogP contribution in [0.2, 0.25) is 5.02 Å². The number of benzene rings is 1. The van der Waals surface area contributed by atoms with Gasteiger partial charge in [0, 0.05) is 25.0 Å². The third-order valence-electron chi connectivity index (χ3n) is 2.59. The maximum Gasteiger partial charge on any atom is 0.207 e. The van der Waals surface area contributed by atoms with Crippen molar-refractivity contribution in [3.8, 4) is 11.4 Å². The van der Waals surface area contributed by atoms with Crippen LogP contribution in [0.3, 0.4) is 0 Å². The first-order valence-electron chi connectivity index (χ1n) is 5.87. The Labute approximate surface area is 112 Å². The Balaban J connectivity index is 2.38. The molecule has 0 fully saturated rings. The van der Waals surface area contributed by atoms with Gasteiger partial charge >= 0.3 is 0 Å². The molecule has 0 aliphatic heterocycles. The van der Waals surface area contributed by atoms with Gasteiger partial charge in [0.15, 0.2) is 0 Å². The number of rotatable bonds is 5. The molecule has 0 unspecified atom stereocenters. The number of nitrogens with one attached hydrogen (secondary N) is 1. The fourth-order valence-electron chi connectivity index (χ4n) is 1.67. The largest absolute Gasteiger partial charge is 0.497 e. The number of methoxy groups -OCH3 is 1. The maximum atomic E-state index is 6.22. The van der Waals surface area contributed by atoms with Crippen LogP contribution in [-0.4, -0.2) is 23.2 Å². The van der Waals surface area contributed by atoms with Crippen molar-refractivity contribution in [2.75, 3.05) is 19.0 Å². The summed E-state index contributed by atoms with van der Waals surface area (Å²) in [6.07, 6.45) is 4.66. The molecule has 1 aromatic heterocycles. The van der Waals surface area contributed by atoms with E-state index in [0.29, 0.717) is 5.02 Å². The smallest absolute Gasteiger partial charge is 0.207 e. The number of anilines is 1. The van der Waals surface area contributed by atoms with E-state index >= 15 is 0 Å². The highest BCUT2D eigenvalue weighted by atomic mass is 35.5. The molecular weight excluding hydrogens is 250 g/mol. The van der Waals surface area contributed by atoms with Gasteiger partial charge in [-0.05, 0) is 18.6 Å². The van der Waals surface area contributed by atoms with Crippen molar-refractivity contribution < 1.29 is 4.74 Å². The third kappa shape index (κ3) is 2.59. The SMILES string of the molecule is CCCNc1nccn1-c1cc(OC)ccc1Cl. The maximum absolute atomic E-state index is 6.22. The lowest BCUT2D eigenvalue weighted by molar-refractivity contribution is 0.414. The highest BCUT2D eigenvalue weighted by Gasteiger charge is 2.09. The van der Waals surface area contributed by atoms with E-state index in [9.17, 15) is 0 Å². The summed E-state index contributed by atoms with van der Waals surface area (Å²) in [5.41, 5.74) is 0.854. The zero-order valence-electron chi connectivity index (χ0n) is 10.5. The Morgan fingerprint density at radius 3 is 3.00 bits per heavy atom. The topological polar surface area (TPSA) is 39.1 Å². The van der Waals surface area contributed by atoms with E-state index in [1.807, 2.05) is 29.0 Å². The predicted molar refractivity (Wildman–Crippen MR) is 73.9 cm³/mol. The molecule has 5 heteroatoms. The summed E-state index contributed by atoms with van der Waals surface area (Å²) < 4.78 is 7.13. The Morgan fingerprint density at radius 1 is 1.44 bits per heavy atom. The van der Waals surface area contributed by atoms with Crippen molar-refractivity contribution in [2.45, 2.75) is 13.3 Å². The minimum atomic E-state index is 0.661. The molecule has 0 saturated carbocycles. The van der Waals surface area contributed by atoms with Crippen LogP contribution < -0.4 is 10.1 Å². The molecule has 1 aromatic carbocycles. The third-order valence-corrected chi connectivity index (χ3v) is 2.91. The Kier molecular flexibility index (Phi) is 4.10. The van der Waals surface area contributed by atoms with Gasteiger partial charge in [-0.2, -0.15) is 0 Å². The molecule has 1 heterocycles.